The van der Waals surface area contributed by atoms with Crippen LogP contribution >= 0.6 is 0 Å². The summed E-state index contributed by atoms with van der Waals surface area (Å²) in [5, 5.41) is 10.3. The Morgan fingerprint density at radius 1 is 1.11 bits per heavy atom. The molecule has 1 amide bonds. The second kappa shape index (κ2) is 8.76. The summed E-state index contributed by atoms with van der Waals surface area (Å²) < 4.78 is 0. The maximum Gasteiger partial charge on any atom is 0.253 e. The van der Waals surface area contributed by atoms with Crippen LogP contribution in [-0.2, 0) is 0 Å². The topological polar surface area (TPSA) is 66.3 Å². The van der Waals surface area contributed by atoms with Crippen LogP contribution in [0.2, 0.25) is 0 Å². The Bertz CT molecular complexity index is 957. The molecule has 0 bridgehead atoms. The summed E-state index contributed by atoms with van der Waals surface area (Å²) in [5.41, 5.74) is 4.78. The molecule has 0 aliphatic heterocycles. The number of aromatic nitrogens is 2. The fourth-order valence-corrected chi connectivity index (χ4v) is 3.09. The molecule has 0 radical (unpaired) electrons. The molecular weight excluding hydrogens is 350 g/mol. The first-order valence-electron chi connectivity index (χ1n) is 9.35. The number of aliphatic hydroxyl groups excluding tert-OH is 1. The molecule has 0 spiro atoms. The highest BCUT2D eigenvalue weighted by molar-refractivity contribution is 5.95. The van der Waals surface area contributed by atoms with Crippen LogP contribution in [0.1, 0.15) is 39.8 Å². The summed E-state index contributed by atoms with van der Waals surface area (Å²) in [4.78, 5) is 23.4. The van der Waals surface area contributed by atoms with Crippen LogP contribution in [0.25, 0.3) is 11.3 Å². The quantitative estimate of drug-likeness (QED) is 0.708. The van der Waals surface area contributed by atoms with Gasteiger partial charge in [-0.25, -0.2) is 4.98 Å². The van der Waals surface area contributed by atoms with Crippen LogP contribution in [0.5, 0.6) is 0 Å². The predicted octanol–water partition coefficient (Wildman–Crippen LogP) is 3.96. The van der Waals surface area contributed by atoms with E-state index in [0.717, 1.165) is 28.2 Å². The van der Waals surface area contributed by atoms with Gasteiger partial charge in [0.25, 0.3) is 5.91 Å². The van der Waals surface area contributed by atoms with Gasteiger partial charge in [0.2, 0.25) is 0 Å². The van der Waals surface area contributed by atoms with Crippen LogP contribution in [-0.4, -0.2) is 39.5 Å². The first kappa shape index (κ1) is 19.7. The fourth-order valence-electron chi connectivity index (χ4n) is 3.09. The highest BCUT2D eigenvalue weighted by atomic mass is 16.3. The number of aryl methyl sites for hydroxylation is 2. The van der Waals surface area contributed by atoms with Crippen molar-refractivity contribution in [3.63, 3.8) is 0 Å². The molecule has 0 fully saturated rings. The third-order valence-electron chi connectivity index (χ3n) is 4.73. The molecule has 0 unspecified atom stereocenters. The summed E-state index contributed by atoms with van der Waals surface area (Å²) in [6.07, 6.45) is 1.63. The Morgan fingerprint density at radius 2 is 1.86 bits per heavy atom. The van der Waals surface area contributed by atoms with Gasteiger partial charge in [0, 0.05) is 30.9 Å². The number of carbonyl (C=O) groups is 1. The Labute approximate surface area is 165 Å². The van der Waals surface area contributed by atoms with E-state index in [-0.39, 0.29) is 5.91 Å². The number of benzene rings is 2. The van der Waals surface area contributed by atoms with Crippen LogP contribution in [0.3, 0.4) is 0 Å². The highest BCUT2D eigenvalue weighted by Gasteiger charge is 2.16. The van der Waals surface area contributed by atoms with Gasteiger partial charge >= 0.3 is 0 Å². The van der Waals surface area contributed by atoms with E-state index in [4.69, 9.17) is 0 Å². The lowest BCUT2D eigenvalue weighted by Crippen LogP contribution is -2.28. The van der Waals surface area contributed by atoms with Crippen LogP contribution in [0, 0.1) is 13.8 Å². The number of hydrogen-bond donors (Lipinski definition) is 1. The van der Waals surface area contributed by atoms with Crippen molar-refractivity contribution in [2.75, 3.05) is 13.6 Å². The number of hydrogen-bond acceptors (Lipinski definition) is 4. The van der Waals surface area contributed by atoms with Crippen molar-refractivity contribution >= 4 is 5.91 Å². The second-order valence-electron chi connectivity index (χ2n) is 6.97. The van der Waals surface area contributed by atoms with Gasteiger partial charge in [0.15, 0.2) is 0 Å². The zero-order chi connectivity index (χ0) is 20.1. The molecule has 1 heterocycles. The van der Waals surface area contributed by atoms with Gasteiger partial charge in [-0.05, 0) is 38.0 Å². The van der Waals surface area contributed by atoms with Gasteiger partial charge in [-0.3, -0.25) is 9.78 Å². The molecule has 2 aromatic carbocycles. The van der Waals surface area contributed by atoms with Crippen molar-refractivity contribution in [1.29, 1.82) is 0 Å². The average Bonchev–Trinajstić information content (AvgIpc) is 2.73. The molecule has 0 aliphatic carbocycles. The van der Waals surface area contributed by atoms with Crippen LogP contribution in [0.4, 0.5) is 0 Å². The van der Waals surface area contributed by atoms with Crippen molar-refractivity contribution in [1.82, 2.24) is 14.9 Å². The van der Waals surface area contributed by atoms with E-state index >= 15 is 0 Å². The lowest BCUT2D eigenvalue weighted by Gasteiger charge is -2.20. The molecular formula is C23H25N3O2. The molecule has 3 aromatic rings. The first-order chi connectivity index (χ1) is 13.5. The second-order valence-corrected chi connectivity index (χ2v) is 6.97. The van der Waals surface area contributed by atoms with Gasteiger partial charge in [-0.15, -0.1) is 0 Å². The van der Waals surface area contributed by atoms with E-state index in [1.165, 1.54) is 0 Å². The molecule has 0 aliphatic rings. The summed E-state index contributed by atoms with van der Waals surface area (Å²) in [6, 6.07) is 16.9. The zero-order valence-electron chi connectivity index (χ0n) is 16.5. The lowest BCUT2D eigenvalue weighted by molar-refractivity contribution is 0.0761. The Balaban J connectivity index is 1.71. The molecule has 144 valence electrons. The molecule has 5 nitrogen and oxygen atoms in total. The van der Waals surface area contributed by atoms with Crippen molar-refractivity contribution < 1.29 is 9.90 Å². The molecule has 28 heavy (non-hydrogen) atoms. The van der Waals surface area contributed by atoms with Crippen molar-refractivity contribution in [3.05, 3.63) is 83.3 Å². The Morgan fingerprint density at radius 3 is 2.61 bits per heavy atom. The summed E-state index contributed by atoms with van der Waals surface area (Å²) in [6.45, 7) is 4.27. The molecule has 0 saturated heterocycles. The van der Waals surface area contributed by atoms with E-state index < -0.39 is 6.10 Å². The minimum absolute atomic E-state index is 0.0830. The van der Waals surface area contributed by atoms with Crippen LogP contribution < -0.4 is 0 Å². The van der Waals surface area contributed by atoms with Gasteiger partial charge < -0.3 is 10.0 Å². The molecule has 1 aromatic heterocycles. The normalized spacial score (nSPS) is 11.9. The zero-order valence-corrected chi connectivity index (χ0v) is 16.5. The Kier molecular flexibility index (Phi) is 6.16. The smallest absolute Gasteiger partial charge is 0.253 e. The first-order valence-corrected chi connectivity index (χ1v) is 9.35. The standard InChI is InChI=1S/C23H25N3O2/c1-16-15-24-17(2)22(25-16)19-10-7-11-20(14-19)23(28)26(3)13-12-21(27)18-8-5-4-6-9-18/h4-11,14-15,21,27H,12-13H2,1-3H3/t21-/m0/s1. The molecule has 0 saturated carbocycles. The third-order valence-corrected chi connectivity index (χ3v) is 4.73. The molecule has 1 atom stereocenters. The predicted molar refractivity (Wildman–Crippen MR) is 110 cm³/mol. The summed E-state index contributed by atoms with van der Waals surface area (Å²) in [7, 11) is 1.75. The van der Waals surface area contributed by atoms with Gasteiger partial charge in [-0.2, -0.15) is 0 Å². The van der Waals surface area contributed by atoms with Gasteiger partial charge in [0.1, 0.15) is 0 Å². The lowest BCUT2D eigenvalue weighted by atomic mass is 10.0. The minimum atomic E-state index is -0.590. The largest absolute Gasteiger partial charge is 0.388 e. The number of nitrogens with zero attached hydrogens (tertiary/aromatic N) is 3. The third kappa shape index (κ3) is 4.61. The highest BCUT2D eigenvalue weighted by Crippen LogP contribution is 2.22. The number of amides is 1. The summed E-state index contributed by atoms with van der Waals surface area (Å²) in [5.74, 6) is -0.0830. The number of carbonyl (C=O) groups excluding carboxylic acids is 1. The number of rotatable bonds is 6. The van der Waals surface area contributed by atoms with Crippen molar-refractivity contribution in [3.8, 4) is 11.3 Å². The van der Waals surface area contributed by atoms with Gasteiger partial charge in [-0.1, -0.05) is 42.5 Å². The van der Waals surface area contributed by atoms with E-state index in [1.54, 1.807) is 24.2 Å². The van der Waals surface area contributed by atoms with Gasteiger partial charge in [0.05, 0.1) is 23.2 Å². The molecule has 1 N–H and O–H groups in total. The van der Waals surface area contributed by atoms with E-state index in [0.29, 0.717) is 18.5 Å². The maximum absolute atomic E-state index is 12.8. The SMILES string of the molecule is Cc1cnc(C)c(-c2cccc(C(=O)N(C)CC[C@H](O)c3ccccc3)c2)n1. The maximum atomic E-state index is 12.8. The van der Waals surface area contributed by atoms with E-state index in [9.17, 15) is 9.90 Å². The van der Waals surface area contributed by atoms with Crippen molar-refractivity contribution in [2.24, 2.45) is 0 Å². The molecule has 3 rings (SSSR count). The summed E-state index contributed by atoms with van der Waals surface area (Å²) >= 11 is 0. The van der Waals surface area contributed by atoms with E-state index in [2.05, 4.69) is 9.97 Å². The van der Waals surface area contributed by atoms with Crippen molar-refractivity contribution in [2.45, 2.75) is 26.4 Å². The monoisotopic (exact) mass is 375 g/mol. The minimum Gasteiger partial charge on any atom is -0.388 e. The fraction of sp³-hybridized carbons (Fsp3) is 0.261. The number of aliphatic hydroxyl groups is 1. The Hall–Kier alpha value is -3.05. The average molecular weight is 375 g/mol. The van der Waals surface area contributed by atoms with E-state index in [1.807, 2.05) is 62.4 Å². The molecule has 5 heteroatoms. The van der Waals surface area contributed by atoms with Crippen LogP contribution in [0.15, 0.2) is 60.8 Å².